The Balaban J connectivity index is 3.04. The van der Waals surface area contributed by atoms with Gasteiger partial charge in [0.05, 0.1) is 11.6 Å². The van der Waals surface area contributed by atoms with Crippen LogP contribution in [0.4, 0.5) is 0 Å². The number of hydrogen-bond acceptors (Lipinski definition) is 2. The Bertz CT molecular complexity index is 237. The van der Waals surface area contributed by atoms with Crippen molar-refractivity contribution in [2.75, 3.05) is 0 Å². The molecule has 0 aliphatic carbocycles. The van der Waals surface area contributed by atoms with Crippen LogP contribution in [0.1, 0.15) is 5.56 Å². The highest BCUT2D eigenvalue weighted by molar-refractivity contribution is 7.80. The van der Waals surface area contributed by atoms with Gasteiger partial charge in [0, 0.05) is 4.90 Å². The maximum atomic E-state index is 8.68. The molecule has 1 N–H and O–H groups in total. The molecular formula is C7H7ClOS. The first-order valence-electron chi connectivity index (χ1n) is 2.82. The lowest BCUT2D eigenvalue weighted by Crippen LogP contribution is -1.81. The van der Waals surface area contributed by atoms with Gasteiger partial charge in [0.15, 0.2) is 0 Å². The average Bonchev–Trinajstić information content (AvgIpc) is 1.95. The Hall–Kier alpha value is -0.180. The van der Waals surface area contributed by atoms with Gasteiger partial charge in [-0.1, -0.05) is 17.7 Å². The van der Waals surface area contributed by atoms with Crippen molar-refractivity contribution in [1.82, 2.24) is 0 Å². The second kappa shape index (κ2) is 3.28. The van der Waals surface area contributed by atoms with E-state index in [0.29, 0.717) is 9.92 Å². The Morgan fingerprint density at radius 2 is 2.20 bits per heavy atom. The summed E-state index contributed by atoms with van der Waals surface area (Å²) in [4.78, 5) is 0.702. The third kappa shape index (κ3) is 1.66. The van der Waals surface area contributed by atoms with Gasteiger partial charge in [-0.25, -0.2) is 0 Å². The highest BCUT2D eigenvalue weighted by Crippen LogP contribution is 2.20. The van der Waals surface area contributed by atoms with Crippen molar-refractivity contribution in [3.8, 4) is 0 Å². The molecule has 0 spiro atoms. The van der Waals surface area contributed by atoms with Gasteiger partial charge in [0.1, 0.15) is 0 Å². The summed E-state index contributed by atoms with van der Waals surface area (Å²) in [6.07, 6.45) is 0. The number of hydrogen-bond donors (Lipinski definition) is 2. The summed E-state index contributed by atoms with van der Waals surface area (Å²) >= 11 is 9.76. The first-order valence-corrected chi connectivity index (χ1v) is 3.65. The summed E-state index contributed by atoms with van der Waals surface area (Å²) in [7, 11) is 0. The van der Waals surface area contributed by atoms with Crippen molar-refractivity contribution >= 4 is 24.2 Å². The first-order chi connectivity index (χ1) is 4.74. The van der Waals surface area contributed by atoms with E-state index in [1.807, 2.05) is 0 Å². The largest absolute Gasteiger partial charge is 0.392 e. The van der Waals surface area contributed by atoms with Gasteiger partial charge in [0.25, 0.3) is 0 Å². The predicted molar refractivity (Wildman–Crippen MR) is 44.6 cm³/mol. The third-order valence-electron chi connectivity index (χ3n) is 1.19. The van der Waals surface area contributed by atoms with E-state index >= 15 is 0 Å². The summed E-state index contributed by atoms with van der Waals surface area (Å²) in [6, 6.07) is 5.23. The van der Waals surface area contributed by atoms with Crippen LogP contribution in [0.5, 0.6) is 0 Å². The molecule has 0 aliphatic heterocycles. The maximum absolute atomic E-state index is 8.68. The van der Waals surface area contributed by atoms with E-state index in [2.05, 4.69) is 12.6 Å². The fourth-order valence-corrected chi connectivity index (χ4v) is 1.01. The van der Waals surface area contributed by atoms with E-state index in [9.17, 15) is 0 Å². The van der Waals surface area contributed by atoms with Crippen molar-refractivity contribution < 1.29 is 5.11 Å². The summed E-state index contributed by atoms with van der Waals surface area (Å²) < 4.78 is 0. The monoisotopic (exact) mass is 174 g/mol. The molecule has 0 radical (unpaired) electrons. The van der Waals surface area contributed by atoms with E-state index in [0.717, 1.165) is 5.56 Å². The minimum absolute atomic E-state index is 0.0325. The maximum Gasteiger partial charge on any atom is 0.0682 e. The SMILES string of the molecule is OCc1ccc(Cl)c(S)c1. The van der Waals surface area contributed by atoms with Crippen molar-refractivity contribution in [3.05, 3.63) is 28.8 Å². The van der Waals surface area contributed by atoms with Crippen LogP contribution in [0.2, 0.25) is 5.02 Å². The number of thiol groups is 1. The molecular weight excluding hydrogens is 168 g/mol. The molecule has 3 heteroatoms. The molecule has 0 amide bonds. The van der Waals surface area contributed by atoms with Crippen LogP contribution >= 0.6 is 24.2 Å². The molecule has 10 heavy (non-hydrogen) atoms. The van der Waals surface area contributed by atoms with E-state index in [1.54, 1.807) is 18.2 Å². The lowest BCUT2D eigenvalue weighted by atomic mass is 10.2. The standard InChI is InChI=1S/C7H7ClOS/c8-6-2-1-5(4-9)3-7(6)10/h1-3,9-10H,4H2. The molecule has 1 aromatic rings. The van der Waals surface area contributed by atoms with E-state index in [-0.39, 0.29) is 6.61 Å². The number of aliphatic hydroxyl groups excluding tert-OH is 1. The highest BCUT2D eigenvalue weighted by Gasteiger charge is 1.95. The van der Waals surface area contributed by atoms with Crippen LogP contribution < -0.4 is 0 Å². The molecule has 0 aliphatic rings. The number of halogens is 1. The van der Waals surface area contributed by atoms with Crippen LogP contribution in [0.25, 0.3) is 0 Å². The van der Waals surface area contributed by atoms with E-state index in [4.69, 9.17) is 16.7 Å². The van der Waals surface area contributed by atoms with E-state index in [1.165, 1.54) is 0 Å². The summed E-state index contributed by atoms with van der Waals surface area (Å²) in [5, 5.41) is 9.29. The highest BCUT2D eigenvalue weighted by atomic mass is 35.5. The van der Waals surface area contributed by atoms with E-state index < -0.39 is 0 Å². The second-order valence-corrected chi connectivity index (χ2v) is 2.83. The summed E-state index contributed by atoms with van der Waals surface area (Å²) in [6.45, 7) is 0.0325. The fraction of sp³-hybridized carbons (Fsp3) is 0.143. The lowest BCUT2D eigenvalue weighted by Gasteiger charge is -1.98. The molecule has 1 aromatic carbocycles. The Kier molecular flexibility index (Phi) is 2.60. The van der Waals surface area contributed by atoms with Crippen molar-refractivity contribution in [3.63, 3.8) is 0 Å². The normalized spacial score (nSPS) is 9.90. The quantitative estimate of drug-likeness (QED) is 0.625. The molecule has 0 unspecified atom stereocenters. The van der Waals surface area contributed by atoms with Crippen LogP contribution in [0, 0.1) is 0 Å². The van der Waals surface area contributed by atoms with Gasteiger partial charge < -0.3 is 5.11 Å². The zero-order valence-electron chi connectivity index (χ0n) is 5.21. The van der Waals surface area contributed by atoms with Crippen LogP contribution in [0.3, 0.4) is 0 Å². The van der Waals surface area contributed by atoms with Gasteiger partial charge in [0.2, 0.25) is 0 Å². The second-order valence-electron chi connectivity index (χ2n) is 1.94. The minimum Gasteiger partial charge on any atom is -0.392 e. The molecule has 0 bridgehead atoms. The number of benzene rings is 1. The predicted octanol–water partition coefficient (Wildman–Crippen LogP) is 2.12. The molecule has 0 heterocycles. The minimum atomic E-state index is 0.0325. The van der Waals surface area contributed by atoms with Gasteiger partial charge in [-0.2, -0.15) is 0 Å². The first kappa shape index (κ1) is 7.92. The smallest absolute Gasteiger partial charge is 0.0682 e. The zero-order valence-corrected chi connectivity index (χ0v) is 6.86. The third-order valence-corrected chi connectivity index (χ3v) is 2.02. The Morgan fingerprint density at radius 1 is 1.50 bits per heavy atom. The van der Waals surface area contributed by atoms with Crippen LogP contribution in [0.15, 0.2) is 23.1 Å². The molecule has 0 saturated carbocycles. The number of aliphatic hydroxyl groups is 1. The van der Waals surface area contributed by atoms with Crippen molar-refractivity contribution in [2.24, 2.45) is 0 Å². The molecule has 0 saturated heterocycles. The van der Waals surface area contributed by atoms with Crippen LogP contribution in [-0.4, -0.2) is 5.11 Å². The van der Waals surface area contributed by atoms with Crippen LogP contribution in [-0.2, 0) is 6.61 Å². The van der Waals surface area contributed by atoms with Gasteiger partial charge in [-0.05, 0) is 17.7 Å². The number of rotatable bonds is 1. The van der Waals surface area contributed by atoms with Gasteiger partial charge >= 0.3 is 0 Å². The molecule has 0 aromatic heterocycles. The molecule has 1 rings (SSSR count). The molecule has 1 nitrogen and oxygen atoms in total. The van der Waals surface area contributed by atoms with Gasteiger partial charge in [-0.3, -0.25) is 0 Å². The average molecular weight is 175 g/mol. The summed E-state index contributed by atoms with van der Waals surface area (Å²) in [5.74, 6) is 0. The molecule has 54 valence electrons. The summed E-state index contributed by atoms with van der Waals surface area (Å²) in [5.41, 5.74) is 0.828. The molecule has 0 fully saturated rings. The molecule has 0 atom stereocenters. The van der Waals surface area contributed by atoms with Gasteiger partial charge in [-0.15, -0.1) is 12.6 Å². The van der Waals surface area contributed by atoms with Crippen molar-refractivity contribution in [2.45, 2.75) is 11.5 Å². The van der Waals surface area contributed by atoms with Crippen molar-refractivity contribution in [1.29, 1.82) is 0 Å². The topological polar surface area (TPSA) is 20.2 Å². The lowest BCUT2D eigenvalue weighted by molar-refractivity contribution is 0.281. The zero-order chi connectivity index (χ0) is 7.56. The fourth-order valence-electron chi connectivity index (χ4n) is 0.657. The Labute approximate surface area is 70.0 Å². The Morgan fingerprint density at radius 3 is 2.70 bits per heavy atom.